The Kier molecular flexibility index (Phi) is 3.62. The highest BCUT2D eigenvalue weighted by molar-refractivity contribution is 5.64. The number of benzene rings is 2. The molecule has 0 N–H and O–H groups in total. The van der Waals surface area contributed by atoms with Gasteiger partial charge in [0.25, 0.3) is 0 Å². The molecule has 0 unspecified atom stereocenters. The number of ether oxygens (including phenoxy) is 1. The minimum absolute atomic E-state index is 0.341. The average Bonchev–Trinajstić information content (AvgIpc) is 2.56. The van der Waals surface area contributed by atoms with Crippen molar-refractivity contribution >= 4 is 0 Å². The first-order valence-corrected chi connectivity index (χ1v) is 6.55. The predicted molar refractivity (Wildman–Crippen MR) is 80.9 cm³/mol. The minimum Gasteiger partial charge on any atom is -0.457 e. The molecule has 0 radical (unpaired) electrons. The summed E-state index contributed by atoms with van der Waals surface area (Å²) in [5.74, 6) is 1.33. The molecule has 0 spiro atoms. The third-order valence-corrected chi connectivity index (χ3v) is 3.04. The predicted octanol–water partition coefficient (Wildman–Crippen LogP) is 4.41. The van der Waals surface area contributed by atoms with E-state index in [4.69, 9.17) is 10.00 Å². The van der Waals surface area contributed by atoms with Crippen molar-refractivity contribution in [2.24, 2.45) is 0 Å². The van der Waals surface area contributed by atoms with Gasteiger partial charge in [0.1, 0.15) is 23.3 Å². The topological polar surface area (TPSA) is 45.9 Å². The average molecular weight is 272 g/mol. The van der Waals surface area contributed by atoms with Gasteiger partial charge in [-0.1, -0.05) is 42.5 Å². The van der Waals surface area contributed by atoms with E-state index < -0.39 is 0 Å². The lowest BCUT2D eigenvalue weighted by Gasteiger charge is -2.07. The number of nitriles is 1. The summed E-state index contributed by atoms with van der Waals surface area (Å²) in [5, 5.41) is 8.82. The molecule has 0 saturated heterocycles. The van der Waals surface area contributed by atoms with Gasteiger partial charge in [-0.3, -0.25) is 0 Å². The lowest BCUT2D eigenvalue weighted by molar-refractivity contribution is 0.482. The van der Waals surface area contributed by atoms with Crippen LogP contribution in [-0.4, -0.2) is 4.98 Å². The number of nitrogens with zero attached hydrogens (tertiary/aromatic N) is 2. The third kappa shape index (κ3) is 3.07. The van der Waals surface area contributed by atoms with Gasteiger partial charge in [0, 0.05) is 12.3 Å². The Morgan fingerprint density at radius 2 is 1.52 bits per heavy atom. The monoisotopic (exact) mass is 272 g/mol. The number of pyridine rings is 1. The summed E-state index contributed by atoms with van der Waals surface area (Å²) in [6.07, 6.45) is 1.56. The van der Waals surface area contributed by atoms with Crippen LogP contribution in [0.1, 0.15) is 5.69 Å². The zero-order chi connectivity index (χ0) is 14.5. The summed E-state index contributed by atoms with van der Waals surface area (Å²) in [6, 6.07) is 23.3. The molecule has 100 valence electrons. The van der Waals surface area contributed by atoms with Gasteiger partial charge < -0.3 is 4.74 Å². The number of aromatic nitrogens is 1. The molecule has 0 saturated carbocycles. The molecular weight excluding hydrogens is 260 g/mol. The van der Waals surface area contributed by atoms with Crippen LogP contribution in [0.15, 0.2) is 72.9 Å². The first kappa shape index (κ1) is 12.9. The van der Waals surface area contributed by atoms with Crippen LogP contribution in [-0.2, 0) is 0 Å². The lowest BCUT2D eigenvalue weighted by atomic mass is 10.1. The molecule has 0 atom stereocenters. The second-order valence-electron chi connectivity index (χ2n) is 4.48. The minimum atomic E-state index is 0.341. The largest absolute Gasteiger partial charge is 0.457 e. The first-order valence-electron chi connectivity index (χ1n) is 6.55. The molecule has 0 aliphatic rings. The van der Waals surface area contributed by atoms with Crippen molar-refractivity contribution in [2.75, 3.05) is 0 Å². The van der Waals surface area contributed by atoms with Crippen LogP contribution in [0.5, 0.6) is 11.5 Å². The highest BCUT2D eigenvalue weighted by Gasteiger charge is 2.01. The Hall–Kier alpha value is -3.12. The molecular formula is C18H12N2O. The fraction of sp³-hybridized carbons (Fsp3) is 0. The van der Waals surface area contributed by atoms with Gasteiger partial charge in [-0.05, 0) is 29.3 Å². The maximum absolute atomic E-state index is 8.82. The number of hydrogen-bond donors (Lipinski definition) is 0. The van der Waals surface area contributed by atoms with Gasteiger partial charge >= 0.3 is 0 Å². The Morgan fingerprint density at radius 3 is 2.24 bits per heavy atom. The molecule has 3 rings (SSSR count). The quantitative estimate of drug-likeness (QED) is 0.709. The number of hydrogen-bond acceptors (Lipinski definition) is 3. The lowest BCUT2D eigenvalue weighted by Crippen LogP contribution is -1.87. The Bertz CT molecular complexity index is 774. The van der Waals surface area contributed by atoms with Gasteiger partial charge in [0.2, 0.25) is 0 Å². The molecule has 0 bridgehead atoms. The van der Waals surface area contributed by atoms with E-state index in [0.29, 0.717) is 11.4 Å². The van der Waals surface area contributed by atoms with Crippen LogP contribution in [0.3, 0.4) is 0 Å². The second kappa shape index (κ2) is 5.89. The SMILES string of the molecule is N#Cc1cc(Oc2ccc(-c3ccccc3)cc2)ccn1. The van der Waals surface area contributed by atoms with Gasteiger partial charge in [0.05, 0.1) is 0 Å². The molecule has 3 heteroatoms. The summed E-state index contributed by atoms with van der Waals surface area (Å²) in [5.41, 5.74) is 2.64. The van der Waals surface area contributed by atoms with Crippen molar-refractivity contribution in [3.05, 3.63) is 78.6 Å². The van der Waals surface area contributed by atoms with Gasteiger partial charge in [-0.2, -0.15) is 5.26 Å². The molecule has 0 aliphatic heterocycles. The van der Waals surface area contributed by atoms with Crippen LogP contribution in [0.2, 0.25) is 0 Å². The zero-order valence-corrected chi connectivity index (χ0v) is 11.2. The van der Waals surface area contributed by atoms with E-state index in [0.717, 1.165) is 11.3 Å². The fourth-order valence-electron chi connectivity index (χ4n) is 2.02. The smallest absolute Gasteiger partial charge is 0.144 e. The van der Waals surface area contributed by atoms with Crippen molar-refractivity contribution in [3.63, 3.8) is 0 Å². The first-order chi connectivity index (χ1) is 10.3. The zero-order valence-electron chi connectivity index (χ0n) is 11.2. The van der Waals surface area contributed by atoms with Crippen LogP contribution in [0, 0.1) is 11.3 Å². The third-order valence-electron chi connectivity index (χ3n) is 3.04. The Labute approximate surface area is 123 Å². The molecule has 3 nitrogen and oxygen atoms in total. The molecule has 0 aliphatic carbocycles. The molecule has 21 heavy (non-hydrogen) atoms. The molecule has 2 aromatic carbocycles. The molecule has 3 aromatic rings. The van der Waals surface area contributed by atoms with E-state index in [1.54, 1.807) is 18.3 Å². The van der Waals surface area contributed by atoms with E-state index in [9.17, 15) is 0 Å². The summed E-state index contributed by atoms with van der Waals surface area (Å²) in [6.45, 7) is 0. The fourth-order valence-corrected chi connectivity index (χ4v) is 2.02. The summed E-state index contributed by atoms with van der Waals surface area (Å²) in [4.78, 5) is 3.91. The van der Waals surface area contributed by atoms with E-state index in [-0.39, 0.29) is 0 Å². The highest BCUT2D eigenvalue weighted by atomic mass is 16.5. The maximum atomic E-state index is 8.82. The standard InChI is InChI=1S/C18H12N2O/c19-13-16-12-18(10-11-20-16)21-17-8-6-15(7-9-17)14-4-2-1-3-5-14/h1-12H. The van der Waals surface area contributed by atoms with Crippen molar-refractivity contribution in [1.29, 1.82) is 5.26 Å². The summed E-state index contributed by atoms with van der Waals surface area (Å²) >= 11 is 0. The van der Waals surface area contributed by atoms with Crippen LogP contribution in [0.25, 0.3) is 11.1 Å². The van der Waals surface area contributed by atoms with Crippen molar-refractivity contribution in [2.45, 2.75) is 0 Å². The molecule has 0 fully saturated rings. The van der Waals surface area contributed by atoms with Crippen molar-refractivity contribution < 1.29 is 4.74 Å². The second-order valence-corrected chi connectivity index (χ2v) is 4.48. The maximum Gasteiger partial charge on any atom is 0.144 e. The molecule has 0 amide bonds. The molecule has 1 aromatic heterocycles. The van der Waals surface area contributed by atoms with E-state index in [1.807, 2.05) is 48.5 Å². The van der Waals surface area contributed by atoms with Gasteiger partial charge in [0.15, 0.2) is 0 Å². The Balaban J connectivity index is 1.80. The molecule has 1 heterocycles. The normalized spacial score (nSPS) is 9.86. The van der Waals surface area contributed by atoms with Gasteiger partial charge in [-0.15, -0.1) is 0 Å². The van der Waals surface area contributed by atoms with E-state index in [2.05, 4.69) is 17.1 Å². The summed E-state index contributed by atoms with van der Waals surface area (Å²) < 4.78 is 5.72. The Morgan fingerprint density at radius 1 is 0.810 bits per heavy atom. The van der Waals surface area contributed by atoms with E-state index in [1.165, 1.54) is 5.56 Å². The van der Waals surface area contributed by atoms with Crippen molar-refractivity contribution in [3.8, 4) is 28.7 Å². The highest BCUT2D eigenvalue weighted by Crippen LogP contribution is 2.25. The summed E-state index contributed by atoms with van der Waals surface area (Å²) in [7, 11) is 0. The van der Waals surface area contributed by atoms with Crippen LogP contribution < -0.4 is 4.74 Å². The van der Waals surface area contributed by atoms with Crippen molar-refractivity contribution in [1.82, 2.24) is 4.98 Å². The van der Waals surface area contributed by atoms with Gasteiger partial charge in [-0.25, -0.2) is 4.98 Å². The van der Waals surface area contributed by atoms with E-state index >= 15 is 0 Å². The number of rotatable bonds is 3. The van der Waals surface area contributed by atoms with Crippen LogP contribution in [0.4, 0.5) is 0 Å². The van der Waals surface area contributed by atoms with Crippen LogP contribution >= 0.6 is 0 Å².